The first kappa shape index (κ1) is 14.0. The van der Waals surface area contributed by atoms with E-state index in [9.17, 15) is 0 Å². The first-order valence-electron chi connectivity index (χ1n) is 6.23. The lowest BCUT2D eigenvalue weighted by atomic mass is 10.2. The van der Waals surface area contributed by atoms with Crippen LogP contribution in [0.25, 0.3) is 0 Å². The number of hydrogen-bond acceptors (Lipinski definition) is 3. The predicted molar refractivity (Wildman–Crippen MR) is 81.0 cm³/mol. The van der Waals surface area contributed by atoms with Gasteiger partial charge < -0.3 is 9.64 Å². The van der Waals surface area contributed by atoms with E-state index in [2.05, 4.69) is 55.4 Å². The molecule has 0 aromatic heterocycles. The van der Waals surface area contributed by atoms with Crippen LogP contribution in [-0.4, -0.2) is 26.1 Å². The van der Waals surface area contributed by atoms with Crippen molar-refractivity contribution in [1.82, 2.24) is 4.90 Å². The van der Waals surface area contributed by atoms with Crippen LogP contribution in [0.3, 0.4) is 0 Å². The molecule has 19 heavy (non-hydrogen) atoms. The highest BCUT2D eigenvalue weighted by atomic mass is 32.2. The van der Waals surface area contributed by atoms with Gasteiger partial charge in [0.05, 0.1) is 7.11 Å². The minimum atomic E-state index is 0.894. The Labute approximate surface area is 119 Å². The van der Waals surface area contributed by atoms with Gasteiger partial charge in [-0.3, -0.25) is 0 Å². The van der Waals surface area contributed by atoms with Crippen molar-refractivity contribution in [2.24, 2.45) is 0 Å². The van der Waals surface area contributed by atoms with Crippen LogP contribution in [0.5, 0.6) is 5.75 Å². The van der Waals surface area contributed by atoms with E-state index in [1.807, 2.05) is 12.1 Å². The van der Waals surface area contributed by atoms with E-state index in [1.54, 1.807) is 18.9 Å². The molecule has 0 heterocycles. The summed E-state index contributed by atoms with van der Waals surface area (Å²) in [6.07, 6.45) is 0. The van der Waals surface area contributed by atoms with E-state index >= 15 is 0 Å². The summed E-state index contributed by atoms with van der Waals surface area (Å²) >= 11 is 1.79. The monoisotopic (exact) mass is 273 g/mol. The maximum absolute atomic E-state index is 5.18. The molecule has 0 saturated carbocycles. The van der Waals surface area contributed by atoms with Crippen LogP contribution in [0, 0.1) is 0 Å². The molecule has 3 heteroatoms. The standard InChI is InChI=1S/C16H19NOS/c1-17(2)12-13-6-4-5-7-16(13)19-15-10-8-14(18-3)9-11-15/h4-11H,12H2,1-3H3. The van der Waals surface area contributed by atoms with E-state index in [4.69, 9.17) is 4.74 Å². The average Bonchev–Trinajstić information content (AvgIpc) is 2.41. The van der Waals surface area contributed by atoms with Crippen molar-refractivity contribution in [3.05, 3.63) is 54.1 Å². The molecule has 2 rings (SSSR count). The SMILES string of the molecule is COc1ccc(Sc2ccccc2CN(C)C)cc1. The van der Waals surface area contributed by atoms with Gasteiger partial charge in [-0.25, -0.2) is 0 Å². The molecule has 0 aliphatic heterocycles. The molecule has 0 unspecified atom stereocenters. The number of hydrogen-bond donors (Lipinski definition) is 0. The Morgan fingerprint density at radius 2 is 1.68 bits per heavy atom. The van der Waals surface area contributed by atoms with Crippen molar-refractivity contribution in [1.29, 1.82) is 0 Å². The third-order valence-corrected chi connectivity index (χ3v) is 3.87. The molecule has 100 valence electrons. The Kier molecular flexibility index (Phi) is 4.88. The Bertz CT molecular complexity index is 523. The van der Waals surface area contributed by atoms with E-state index < -0.39 is 0 Å². The van der Waals surface area contributed by atoms with Crippen molar-refractivity contribution >= 4 is 11.8 Å². The quantitative estimate of drug-likeness (QED) is 0.819. The van der Waals surface area contributed by atoms with Gasteiger partial charge in [0.2, 0.25) is 0 Å². The molecule has 2 aromatic carbocycles. The fraction of sp³-hybridized carbons (Fsp3) is 0.250. The lowest BCUT2D eigenvalue weighted by Crippen LogP contribution is -2.11. The van der Waals surface area contributed by atoms with Crippen LogP contribution >= 0.6 is 11.8 Å². The fourth-order valence-corrected chi connectivity index (χ4v) is 2.78. The summed E-state index contributed by atoms with van der Waals surface area (Å²) in [4.78, 5) is 4.72. The smallest absolute Gasteiger partial charge is 0.118 e. The summed E-state index contributed by atoms with van der Waals surface area (Å²) < 4.78 is 5.18. The average molecular weight is 273 g/mol. The van der Waals surface area contributed by atoms with Crippen LogP contribution in [0.1, 0.15) is 5.56 Å². The molecule has 0 amide bonds. The maximum atomic E-state index is 5.18. The van der Waals surface area contributed by atoms with Crippen LogP contribution in [-0.2, 0) is 6.54 Å². The van der Waals surface area contributed by atoms with Crippen LogP contribution in [0.4, 0.5) is 0 Å². The highest BCUT2D eigenvalue weighted by Crippen LogP contribution is 2.31. The van der Waals surface area contributed by atoms with Gasteiger partial charge in [0.1, 0.15) is 5.75 Å². The fourth-order valence-electron chi connectivity index (χ4n) is 1.85. The number of nitrogens with zero attached hydrogens (tertiary/aromatic N) is 1. The second-order valence-corrected chi connectivity index (χ2v) is 5.74. The molecule has 0 fully saturated rings. The van der Waals surface area contributed by atoms with Crippen LogP contribution < -0.4 is 4.74 Å². The van der Waals surface area contributed by atoms with Gasteiger partial charge >= 0.3 is 0 Å². The second kappa shape index (κ2) is 6.64. The van der Waals surface area contributed by atoms with Gasteiger partial charge in [0.25, 0.3) is 0 Å². The molecule has 0 saturated heterocycles. The van der Waals surface area contributed by atoms with E-state index in [-0.39, 0.29) is 0 Å². The summed E-state index contributed by atoms with van der Waals surface area (Å²) in [6, 6.07) is 16.7. The molecular formula is C16H19NOS. The predicted octanol–water partition coefficient (Wildman–Crippen LogP) is 3.91. The molecular weight excluding hydrogens is 254 g/mol. The van der Waals surface area contributed by atoms with E-state index in [0.29, 0.717) is 0 Å². The molecule has 0 spiro atoms. The minimum Gasteiger partial charge on any atom is -0.497 e. The Morgan fingerprint density at radius 1 is 1.00 bits per heavy atom. The van der Waals surface area contributed by atoms with Crippen molar-refractivity contribution in [2.45, 2.75) is 16.3 Å². The Morgan fingerprint density at radius 3 is 2.32 bits per heavy atom. The lowest BCUT2D eigenvalue weighted by molar-refractivity contribution is 0.399. The van der Waals surface area contributed by atoms with Gasteiger partial charge in [-0.2, -0.15) is 0 Å². The summed E-state index contributed by atoms with van der Waals surface area (Å²) in [5.41, 5.74) is 1.35. The van der Waals surface area contributed by atoms with Gasteiger partial charge in [-0.1, -0.05) is 30.0 Å². The van der Waals surface area contributed by atoms with Gasteiger partial charge in [0.15, 0.2) is 0 Å². The van der Waals surface area contributed by atoms with Crippen molar-refractivity contribution < 1.29 is 4.74 Å². The summed E-state index contributed by atoms with van der Waals surface area (Å²) in [6.45, 7) is 0.958. The third kappa shape index (κ3) is 4.01. The minimum absolute atomic E-state index is 0.894. The van der Waals surface area contributed by atoms with Crippen LogP contribution in [0.15, 0.2) is 58.3 Å². The first-order chi connectivity index (χ1) is 9.19. The molecule has 0 N–H and O–H groups in total. The summed E-state index contributed by atoms with van der Waals surface area (Å²) in [7, 11) is 5.87. The highest BCUT2D eigenvalue weighted by Gasteiger charge is 2.05. The molecule has 0 radical (unpaired) electrons. The normalized spacial score (nSPS) is 10.7. The lowest BCUT2D eigenvalue weighted by Gasteiger charge is -2.13. The maximum Gasteiger partial charge on any atom is 0.118 e. The van der Waals surface area contributed by atoms with E-state index in [1.165, 1.54) is 15.4 Å². The van der Waals surface area contributed by atoms with Crippen molar-refractivity contribution in [3.8, 4) is 5.75 Å². The molecule has 0 aliphatic carbocycles. The molecule has 0 atom stereocenters. The van der Waals surface area contributed by atoms with Gasteiger partial charge in [-0.15, -0.1) is 0 Å². The molecule has 2 nitrogen and oxygen atoms in total. The van der Waals surface area contributed by atoms with Crippen molar-refractivity contribution in [3.63, 3.8) is 0 Å². The van der Waals surface area contributed by atoms with Gasteiger partial charge in [-0.05, 0) is 50.0 Å². The van der Waals surface area contributed by atoms with Crippen molar-refractivity contribution in [2.75, 3.05) is 21.2 Å². The third-order valence-electron chi connectivity index (χ3n) is 2.75. The number of methoxy groups -OCH3 is 1. The second-order valence-electron chi connectivity index (χ2n) is 4.62. The topological polar surface area (TPSA) is 12.5 Å². The number of ether oxygens (including phenoxy) is 1. The Balaban J connectivity index is 2.17. The van der Waals surface area contributed by atoms with E-state index in [0.717, 1.165) is 12.3 Å². The summed E-state index contributed by atoms with van der Waals surface area (Å²) in [5.74, 6) is 0.894. The van der Waals surface area contributed by atoms with Crippen LogP contribution in [0.2, 0.25) is 0 Å². The molecule has 0 aliphatic rings. The summed E-state index contributed by atoms with van der Waals surface area (Å²) in [5, 5.41) is 0. The Hall–Kier alpha value is -1.45. The number of benzene rings is 2. The first-order valence-corrected chi connectivity index (χ1v) is 7.05. The highest BCUT2D eigenvalue weighted by molar-refractivity contribution is 7.99. The zero-order valence-corrected chi connectivity index (χ0v) is 12.4. The molecule has 0 bridgehead atoms. The molecule has 2 aromatic rings. The largest absolute Gasteiger partial charge is 0.497 e. The number of rotatable bonds is 5. The zero-order chi connectivity index (χ0) is 13.7. The zero-order valence-electron chi connectivity index (χ0n) is 11.6. The van der Waals surface area contributed by atoms with Gasteiger partial charge in [0, 0.05) is 16.3 Å².